The van der Waals surface area contributed by atoms with E-state index in [4.69, 9.17) is 4.74 Å². The SMILES string of the molecule is Cc1ccc2[nH]c(C(=O)O)c(NC(=O)OC(C)(C)C)c2c1. The molecule has 0 saturated heterocycles. The minimum atomic E-state index is -1.14. The van der Waals surface area contributed by atoms with Gasteiger partial charge in [-0.3, -0.25) is 5.32 Å². The Balaban J connectivity index is 2.45. The highest BCUT2D eigenvalue weighted by Gasteiger charge is 2.22. The molecule has 0 unspecified atom stereocenters. The first-order valence-electron chi connectivity index (χ1n) is 6.53. The molecule has 0 bridgehead atoms. The van der Waals surface area contributed by atoms with Crippen LogP contribution in [0.3, 0.4) is 0 Å². The molecule has 0 radical (unpaired) electrons. The third kappa shape index (κ3) is 3.34. The minimum Gasteiger partial charge on any atom is -0.477 e. The Morgan fingerprint density at radius 1 is 1.29 bits per heavy atom. The summed E-state index contributed by atoms with van der Waals surface area (Å²) in [6, 6.07) is 5.45. The number of carbonyl (C=O) groups excluding carboxylic acids is 1. The van der Waals surface area contributed by atoms with E-state index in [0.717, 1.165) is 5.56 Å². The van der Waals surface area contributed by atoms with Gasteiger partial charge in [0.2, 0.25) is 0 Å². The van der Waals surface area contributed by atoms with E-state index >= 15 is 0 Å². The summed E-state index contributed by atoms with van der Waals surface area (Å²) in [4.78, 5) is 26.0. The zero-order valence-corrected chi connectivity index (χ0v) is 12.4. The number of ether oxygens (including phenoxy) is 1. The van der Waals surface area contributed by atoms with Gasteiger partial charge in [0, 0.05) is 10.9 Å². The van der Waals surface area contributed by atoms with Gasteiger partial charge in [-0.2, -0.15) is 0 Å². The number of aromatic carboxylic acids is 1. The molecule has 1 amide bonds. The van der Waals surface area contributed by atoms with E-state index in [2.05, 4.69) is 10.3 Å². The van der Waals surface area contributed by atoms with E-state index < -0.39 is 17.7 Å². The van der Waals surface area contributed by atoms with Crippen LogP contribution in [0.2, 0.25) is 0 Å². The molecule has 0 aliphatic carbocycles. The number of benzene rings is 1. The molecule has 1 aromatic carbocycles. The van der Waals surface area contributed by atoms with Crippen LogP contribution in [0, 0.1) is 6.92 Å². The Kier molecular flexibility index (Phi) is 3.63. The van der Waals surface area contributed by atoms with Crippen molar-refractivity contribution in [2.75, 3.05) is 5.32 Å². The zero-order valence-electron chi connectivity index (χ0n) is 12.4. The second kappa shape index (κ2) is 5.12. The lowest BCUT2D eigenvalue weighted by molar-refractivity contribution is 0.0636. The third-order valence-corrected chi connectivity index (χ3v) is 2.79. The van der Waals surface area contributed by atoms with Gasteiger partial charge in [0.05, 0.1) is 5.69 Å². The van der Waals surface area contributed by atoms with Crippen LogP contribution in [-0.2, 0) is 4.74 Å². The molecule has 6 nitrogen and oxygen atoms in total. The smallest absolute Gasteiger partial charge is 0.412 e. The minimum absolute atomic E-state index is 0.0681. The fourth-order valence-corrected chi connectivity index (χ4v) is 2.00. The summed E-state index contributed by atoms with van der Waals surface area (Å²) in [5.41, 5.74) is 1.10. The van der Waals surface area contributed by atoms with Crippen molar-refractivity contribution >= 4 is 28.7 Å². The summed E-state index contributed by atoms with van der Waals surface area (Å²) in [6.07, 6.45) is -0.688. The number of H-pyrrole nitrogens is 1. The number of carbonyl (C=O) groups is 2. The van der Waals surface area contributed by atoms with Gasteiger partial charge in [0.25, 0.3) is 0 Å². The molecule has 0 aliphatic heterocycles. The average molecular weight is 290 g/mol. The molecule has 0 fully saturated rings. The number of fused-ring (bicyclic) bond motifs is 1. The summed E-state index contributed by atoms with van der Waals surface area (Å²) in [5.74, 6) is -1.14. The van der Waals surface area contributed by atoms with Gasteiger partial charge in [-0.05, 0) is 39.8 Å². The number of aromatic nitrogens is 1. The Morgan fingerprint density at radius 2 is 1.95 bits per heavy atom. The lowest BCUT2D eigenvalue weighted by Gasteiger charge is -2.19. The maximum Gasteiger partial charge on any atom is 0.412 e. The maximum atomic E-state index is 11.9. The van der Waals surface area contributed by atoms with Crippen LogP contribution < -0.4 is 5.32 Å². The van der Waals surface area contributed by atoms with Gasteiger partial charge in [-0.15, -0.1) is 0 Å². The normalized spacial score (nSPS) is 11.4. The Bertz CT molecular complexity index is 710. The molecular formula is C15H18N2O4. The number of aryl methyl sites for hydroxylation is 1. The van der Waals surface area contributed by atoms with Crippen molar-refractivity contribution in [3.8, 4) is 0 Å². The van der Waals surface area contributed by atoms with E-state index in [-0.39, 0.29) is 11.4 Å². The largest absolute Gasteiger partial charge is 0.477 e. The number of rotatable bonds is 2. The molecule has 112 valence electrons. The third-order valence-electron chi connectivity index (χ3n) is 2.79. The van der Waals surface area contributed by atoms with Gasteiger partial charge in [0.15, 0.2) is 0 Å². The highest BCUT2D eigenvalue weighted by atomic mass is 16.6. The monoisotopic (exact) mass is 290 g/mol. The van der Waals surface area contributed by atoms with Gasteiger partial charge in [-0.25, -0.2) is 9.59 Å². The molecule has 21 heavy (non-hydrogen) atoms. The first-order chi connectivity index (χ1) is 9.67. The van der Waals surface area contributed by atoms with Crippen molar-refractivity contribution < 1.29 is 19.4 Å². The van der Waals surface area contributed by atoms with Crippen molar-refractivity contribution in [1.82, 2.24) is 4.98 Å². The van der Waals surface area contributed by atoms with Crippen LogP contribution in [0.15, 0.2) is 18.2 Å². The summed E-state index contributed by atoms with van der Waals surface area (Å²) >= 11 is 0. The van der Waals surface area contributed by atoms with Crippen molar-refractivity contribution in [2.45, 2.75) is 33.3 Å². The van der Waals surface area contributed by atoms with Crippen molar-refractivity contribution in [3.05, 3.63) is 29.5 Å². The van der Waals surface area contributed by atoms with Crippen molar-refractivity contribution in [1.29, 1.82) is 0 Å². The zero-order chi connectivity index (χ0) is 15.8. The molecule has 1 aromatic heterocycles. The number of aromatic amines is 1. The van der Waals surface area contributed by atoms with Crippen LogP contribution in [0.5, 0.6) is 0 Å². The number of nitrogens with one attached hydrogen (secondary N) is 2. The fraction of sp³-hybridized carbons (Fsp3) is 0.333. The molecule has 3 N–H and O–H groups in total. The first kappa shape index (κ1) is 14.9. The number of carboxylic acids is 1. The highest BCUT2D eigenvalue weighted by Crippen LogP contribution is 2.29. The summed E-state index contributed by atoms with van der Waals surface area (Å²) in [5, 5.41) is 12.4. The van der Waals surface area contributed by atoms with Crippen molar-refractivity contribution in [2.24, 2.45) is 0 Å². The molecule has 0 atom stereocenters. The number of carboxylic acid groups (broad SMARTS) is 1. The number of anilines is 1. The summed E-state index contributed by atoms with van der Waals surface area (Å²) in [6.45, 7) is 7.11. The fourth-order valence-electron chi connectivity index (χ4n) is 2.00. The van der Waals surface area contributed by atoms with Crippen LogP contribution in [0.25, 0.3) is 10.9 Å². The number of hydrogen-bond acceptors (Lipinski definition) is 3. The molecule has 6 heteroatoms. The topological polar surface area (TPSA) is 91.4 Å². The summed E-state index contributed by atoms with van der Waals surface area (Å²) in [7, 11) is 0. The Morgan fingerprint density at radius 3 is 2.52 bits per heavy atom. The predicted octanol–water partition coefficient (Wildman–Crippen LogP) is 3.52. The number of amides is 1. The lowest BCUT2D eigenvalue weighted by Crippen LogP contribution is -2.27. The molecule has 1 heterocycles. The molecule has 0 aliphatic rings. The molecule has 2 aromatic rings. The van der Waals surface area contributed by atoms with Crippen molar-refractivity contribution in [3.63, 3.8) is 0 Å². The van der Waals surface area contributed by atoms with E-state index in [1.165, 1.54) is 0 Å². The molecular weight excluding hydrogens is 272 g/mol. The van der Waals surface area contributed by atoms with E-state index in [1.54, 1.807) is 26.8 Å². The second-order valence-corrected chi connectivity index (χ2v) is 5.86. The van der Waals surface area contributed by atoms with E-state index in [1.807, 2.05) is 19.1 Å². The standard InChI is InChI=1S/C15H18N2O4/c1-8-5-6-10-9(7-8)11(12(16-10)13(18)19)17-14(20)21-15(2,3)4/h5-7,16H,1-4H3,(H,17,20)(H,18,19). The van der Waals surface area contributed by atoms with Crippen LogP contribution in [0.4, 0.5) is 10.5 Å². The van der Waals surface area contributed by atoms with E-state index in [9.17, 15) is 14.7 Å². The van der Waals surface area contributed by atoms with Gasteiger partial charge < -0.3 is 14.8 Å². The quantitative estimate of drug-likeness (QED) is 0.789. The molecule has 0 saturated carbocycles. The number of hydrogen-bond donors (Lipinski definition) is 3. The van der Waals surface area contributed by atoms with Gasteiger partial charge in [-0.1, -0.05) is 11.6 Å². The van der Waals surface area contributed by atoms with E-state index in [0.29, 0.717) is 10.9 Å². The summed E-state index contributed by atoms with van der Waals surface area (Å²) < 4.78 is 5.17. The van der Waals surface area contributed by atoms with Crippen LogP contribution in [-0.4, -0.2) is 27.8 Å². The maximum absolute atomic E-state index is 11.9. The lowest BCUT2D eigenvalue weighted by atomic mass is 10.1. The van der Waals surface area contributed by atoms with Gasteiger partial charge in [0.1, 0.15) is 11.3 Å². The first-order valence-corrected chi connectivity index (χ1v) is 6.53. The Hall–Kier alpha value is -2.50. The van der Waals surface area contributed by atoms with Crippen LogP contribution in [0.1, 0.15) is 36.8 Å². The molecule has 0 spiro atoms. The predicted molar refractivity (Wildman–Crippen MR) is 79.9 cm³/mol. The molecule has 2 rings (SSSR count). The second-order valence-electron chi connectivity index (χ2n) is 5.86. The average Bonchev–Trinajstić information content (AvgIpc) is 2.65. The van der Waals surface area contributed by atoms with Gasteiger partial charge >= 0.3 is 12.1 Å². The Labute approximate surface area is 122 Å². The van der Waals surface area contributed by atoms with Crippen LogP contribution >= 0.6 is 0 Å². The highest BCUT2D eigenvalue weighted by molar-refractivity contribution is 6.09.